The third-order valence-electron chi connectivity index (χ3n) is 6.28. The zero-order valence-electron chi connectivity index (χ0n) is 20.2. The van der Waals surface area contributed by atoms with E-state index in [0.717, 1.165) is 16.7 Å². The molecule has 0 spiro atoms. The molecule has 0 saturated heterocycles. The van der Waals surface area contributed by atoms with Crippen molar-refractivity contribution in [1.29, 1.82) is 0 Å². The Kier molecular flexibility index (Phi) is 7.55. The van der Waals surface area contributed by atoms with Crippen molar-refractivity contribution in [3.05, 3.63) is 89.0 Å². The highest BCUT2D eigenvalue weighted by atomic mass is 16.5. The first kappa shape index (κ1) is 24.1. The van der Waals surface area contributed by atoms with E-state index in [4.69, 9.17) is 14.2 Å². The molecule has 0 aromatic heterocycles. The van der Waals surface area contributed by atoms with E-state index in [2.05, 4.69) is 5.32 Å². The lowest BCUT2D eigenvalue weighted by atomic mass is 10.0. The quantitative estimate of drug-likeness (QED) is 0.486. The lowest BCUT2D eigenvalue weighted by Gasteiger charge is -2.27. The molecule has 7 heteroatoms. The van der Waals surface area contributed by atoms with Gasteiger partial charge in [-0.05, 0) is 29.7 Å². The largest absolute Gasteiger partial charge is 0.493 e. The van der Waals surface area contributed by atoms with Crippen LogP contribution in [0.25, 0.3) is 0 Å². The van der Waals surface area contributed by atoms with Gasteiger partial charge in [0.2, 0.25) is 11.7 Å². The van der Waals surface area contributed by atoms with E-state index in [1.165, 1.54) is 0 Å². The van der Waals surface area contributed by atoms with Crippen LogP contribution >= 0.6 is 0 Å². The molecule has 1 heterocycles. The minimum absolute atomic E-state index is 0.113. The highest BCUT2D eigenvalue weighted by Gasteiger charge is 2.36. The molecule has 1 aliphatic heterocycles. The summed E-state index contributed by atoms with van der Waals surface area (Å²) in [5.74, 6) is 1.37. The zero-order chi connectivity index (χ0) is 24.8. The monoisotopic (exact) mass is 474 g/mol. The molecule has 0 unspecified atom stereocenters. The number of hydrogen-bond acceptors (Lipinski definition) is 5. The third kappa shape index (κ3) is 5.09. The highest BCUT2D eigenvalue weighted by Crippen LogP contribution is 2.39. The summed E-state index contributed by atoms with van der Waals surface area (Å²) in [4.78, 5) is 28.2. The van der Waals surface area contributed by atoms with Gasteiger partial charge in [0.05, 0.1) is 21.3 Å². The van der Waals surface area contributed by atoms with Crippen molar-refractivity contribution in [2.75, 3.05) is 27.9 Å². The van der Waals surface area contributed by atoms with E-state index in [1.807, 2.05) is 66.7 Å². The van der Waals surface area contributed by atoms with Crippen LogP contribution in [0.3, 0.4) is 0 Å². The Labute approximate surface area is 205 Å². The summed E-state index contributed by atoms with van der Waals surface area (Å²) < 4.78 is 16.4. The Hall–Kier alpha value is -4.00. The Morgan fingerprint density at radius 3 is 2.31 bits per heavy atom. The summed E-state index contributed by atoms with van der Waals surface area (Å²) in [7, 11) is 4.71. The van der Waals surface area contributed by atoms with Crippen LogP contribution in [0, 0.1) is 0 Å². The maximum atomic E-state index is 13.4. The summed E-state index contributed by atoms with van der Waals surface area (Å²) >= 11 is 0. The fourth-order valence-electron chi connectivity index (χ4n) is 4.51. The second-order valence-electron chi connectivity index (χ2n) is 8.33. The Morgan fingerprint density at radius 2 is 1.63 bits per heavy atom. The van der Waals surface area contributed by atoms with Gasteiger partial charge in [0.25, 0.3) is 5.91 Å². The molecule has 3 aromatic carbocycles. The van der Waals surface area contributed by atoms with Crippen LogP contribution in [0.5, 0.6) is 17.2 Å². The third-order valence-corrected chi connectivity index (χ3v) is 6.28. The van der Waals surface area contributed by atoms with Crippen molar-refractivity contribution < 1.29 is 23.8 Å². The van der Waals surface area contributed by atoms with Gasteiger partial charge in [0.1, 0.15) is 6.04 Å². The van der Waals surface area contributed by atoms with Gasteiger partial charge in [-0.3, -0.25) is 9.59 Å². The van der Waals surface area contributed by atoms with E-state index in [0.29, 0.717) is 48.7 Å². The molecule has 7 nitrogen and oxygen atoms in total. The molecule has 35 heavy (non-hydrogen) atoms. The van der Waals surface area contributed by atoms with Gasteiger partial charge >= 0.3 is 0 Å². The van der Waals surface area contributed by atoms with Gasteiger partial charge in [-0.2, -0.15) is 0 Å². The van der Waals surface area contributed by atoms with E-state index in [-0.39, 0.29) is 11.8 Å². The SMILES string of the molecule is COc1ccc(CCNC(=O)[C@@H](Cc2ccccc2)N2Cc3ccccc3C2=O)c(OC)c1OC. The summed E-state index contributed by atoms with van der Waals surface area (Å²) in [6.45, 7) is 0.800. The first-order chi connectivity index (χ1) is 17.1. The first-order valence-electron chi connectivity index (χ1n) is 11.6. The predicted octanol–water partition coefficient (Wildman–Crippen LogP) is 3.64. The number of carbonyl (C=O) groups is 2. The average molecular weight is 475 g/mol. The number of ether oxygens (including phenoxy) is 3. The van der Waals surface area contributed by atoms with E-state index in [1.54, 1.807) is 26.2 Å². The van der Waals surface area contributed by atoms with Gasteiger partial charge in [-0.25, -0.2) is 0 Å². The van der Waals surface area contributed by atoms with Crippen molar-refractivity contribution in [2.24, 2.45) is 0 Å². The Bertz CT molecular complexity index is 1200. The van der Waals surface area contributed by atoms with Crippen molar-refractivity contribution in [3.8, 4) is 17.2 Å². The number of carbonyl (C=O) groups excluding carboxylic acids is 2. The molecule has 0 fully saturated rings. The Balaban J connectivity index is 1.50. The van der Waals surface area contributed by atoms with E-state index < -0.39 is 6.04 Å². The van der Waals surface area contributed by atoms with E-state index in [9.17, 15) is 9.59 Å². The average Bonchev–Trinajstić information content (AvgIpc) is 3.23. The topological polar surface area (TPSA) is 77.1 Å². The Morgan fingerprint density at radius 1 is 0.914 bits per heavy atom. The number of nitrogens with one attached hydrogen (secondary N) is 1. The molecule has 1 N–H and O–H groups in total. The number of hydrogen-bond donors (Lipinski definition) is 1. The molecular weight excluding hydrogens is 444 g/mol. The predicted molar refractivity (Wildman–Crippen MR) is 133 cm³/mol. The minimum Gasteiger partial charge on any atom is -0.493 e. The van der Waals surface area contributed by atoms with Crippen molar-refractivity contribution in [2.45, 2.75) is 25.4 Å². The fraction of sp³-hybridized carbons (Fsp3) is 0.286. The number of amides is 2. The molecule has 0 radical (unpaired) electrons. The maximum absolute atomic E-state index is 13.4. The molecule has 0 saturated carbocycles. The molecule has 1 aliphatic rings. The van der Waals surface area contributed by atoms with Gasteiger partial charge in [0.15, 0.2) is 11.5 Å². The molecule has 3 aromatic rings. The number of benzene rings is 3. The lowest BCUT2D eigenvalue weighted by Crippen LogP contribution is -2.48. The zero-order valence-corrected chi connectivity index (χ0v) is 20.2. The second kappa shape index (κ2) is 11.0. The molecule has 2 amide bonds. The summed E-state index contributed by atoms with van der Waals surface area (Å²) in [5, 5.41) is 3.03. The number of rotatable bonds is 10. The van der Waals surface area contributed by atoms with Gasteiger partial charge < -0.3 is 24.4 Å². The first-order valence-corrected chi connectivity index (χ1v) is 11.6. The van der Waals surface area contributed by atoms with Crippen LogP contribution in [0.2, 0.25) is 0 Å². The van der Waals surface area contributed by atoms with Crippen LogP contribution in [0.15, 0.2) is 66.7 Å². The summed E-state index contributed by atoms with van der Waals surface area (Å²) in [5.41, 5.74) is 3.49. The fourth-order valence-corrected chi connectivity index (χ4v) is 4.51. The van der Waals surface area contributed by atoms with Crippen molar-refractivity contribution >= 4 is 11.8 Å². The normalized spacial score (nSPS) is 13.2. The molecule has 0 bridgehead atoms. The molecular formula is C28H30N2O5. The number of methoxy groups -OCH3 is 3. The molecule has 4 rings (SSSR count). The van der Waals surface area contributed by atoms with Crippen LogP contribution in [-0.4, -0.2) is 50.6 Å². The lowest BCUT2D eigenvalue weighted by molar-refractivity contribution is -0.125. The second-order valence-corrected chi connectivity index (χ2v) is 8.33. The van der Waals surface area contributed by atoms with Crippen molar-refractivity contribution in [3.63, 3.8) is 0 Å². The van der Waals surface area contributed by atoms with Gasteiger partial charge in [-0.15, -0.1) is 0 Å². The summed E-state index contributed by atoms with van der Waals surface area (Å²) in [6.07, 6.45) is 0.966. The number of fused-ring (bicyclic) bond motifs is 1. The van der Waals surface area contributed by atoms with Gasteiger partial charge in [0, 0.05) is 30.6 Å². The van der Waals surface area contributed by atoms with Crippen LogP contribution in [0.4, 0.5) is 0 Å². The molecule has 0 aliphatic carbocycles. The highest BCUT2D eigenvalue weighted by molar-refractivity contribution is 6.01. The van der Waals surface area contributed by atoms with Crippen molar-refractivity contribution in [1.82, 2.24) is 10.2 Å². The van der Waals surface area contributed by atoms with Gasteiger partial charge in [-0.1, -0.05) is 54.6 Å². The van der Waals surface area contributed by atoms with Crippen LogP contribution in [-0.2, 0) is 24.2 Å². The maximum Gasteiger partial charge on any atom is 0.255 e. The summed E-state index contributed by atoms with van der Waals surface area (Å²) in [6, 6.07) is 20.4. The number of nitrogens with zero attached hydrogens (tertiary/aromatic N) is 1. The minimum atomic E-state index is -0.621. The molecule has 1 atom stereocenters. The van der Waals surface area contributed by atoms with Crippen LogP contribution < -0.4 is 19.5 Å². The standard InChI is InChI=1S/C28H30N2O5/c1-33-24-14-13-20(25(34-2)26(24)35-3)15-16-29-27(31)23(17-19-9-5-4-6-10-19)30-18-21-11-7-8-12-22(21)28(30)32/h4-14,23H,15-18H2,1-3H3,(H,29,31)/t23-/m1/s1. The van der Waals surface area contributed by atoms with E-state index >= 15 is 0 Å². The van der Waals surface area contributed by atoms with Crippen LogP contribution in [0.1, 0.15) is 27.0 Å². The molecule has 182 valence electrons. The smallest absolute Gasteiger partial charge is 0.255 e.